The van der Waals surface area contributed by atoms with Crippen LogP contribution in [0.2, 0.25) is 0 Å². The number of ether oxygens (including phenoxy) is 1. The number of methoxy groups -OCH3 is 1. The normalized spacial score (nSPS) is 11.8. The molecule has 1 aromatic carbocycles. The van der Waals surface area contributed by atoms with Crippen LogP contribution in [0.1, 0.15) is 51.2 Å². The predicted octanol–water partition coefficient (Wildman–Crippen LogP) is 4.13. The molecule has 1 aromatic rings. The molecule has 0 fully saturated rings. The molecule has 0 saturated heterocycles. The van der Waals surface area contributed by atoms with E-state index >= 15 is 0 Å². The van der Waals surface area contributed by atoms with Crippen LogP contribution in [0.4, 0.5) is 0 Å². The second-order valence-electron chi connectivity index (χ2n) is 6.84. The first-order chi connectivity index (χ1) is 11.5. The summed E-state index contributed by atoms with van der Waals surface area (Å²) in [5, 5.41) is 6.84. The van der Waals surface area contributed by atoms with Crippen molar-refractivity contribution in [3.05, 3.63) is 35.4 Å². The van der Waals surface area contributed by atoms with E-state index in [9.17, 15) is 0 Å². The van der Waals surface area contributed by atoms with Crippen LogP contribution in [-0.2, 0) is 16.6 Å². The van der Waals surface area contributed by atoms with Crippen molar-refractivity contribution in [2.24, 2.45) is 4.99 Å². The second-order valence-corrected chi connectivity index (χ2v) is 6.84. The number of nitrogens with zero attached hydrogens (tertiary/aromatic N) is 1. The number of hydrogen-bond acceptors (Lipinski definition) is 2. The van der Waals surface area contributed by atoms with E-state index in [0.29, 0.717) is 0 Å². The molecule has 0 atom stereocenters. The van der Waals surface area contributed by atoms with Crippen LogP contribution in [0, 0.1) is 0 Å². The van der Waals surface area contributed by atoms with Gasteiger partial charge in [-0.3, -0.25) is 4.99 Å². The summed E-state index contributed by atoms with van der Waals surface area (Å²) in [7, 11) is 3.57. The molecule has 0 spiro atoms. The number of aliphatic imine (C=N–C) groups is 1. The largest absolute Gasteiger partial charge is 0.385 e. The van der Waals surface area contributed by atoms with Gasteiger partial charge in [-0.15, -0.1) is 24.0 Å². The van der Waals surface area contributed by atoms with E-state index in [4.69, 9.17) is 4.74 Å². The monoisotopic (exact) mass is 461 g/mol. The first-order valence-electron chi connectivity index (χ1n) is 9.06. The summed E-state index contributed by atoms with van der Waals surface area (Å²) in [6.45, 7) is 9.35. The third kappa shape index (κ3) is 9.45. The van der Waals surface area contributed by atoms with Gasteiger partial charge in [-0.2, -0.15) is 0 Å². The maximum atomic E-state index is 5.07. The summed E-state index contributed by atoms with van der Waals surface area (Å²) in [6.07, 6.45) is 4.50. The lowest BCUT2D eigenvalue weighted by Crippen LogP contribution is -2.43. The van der Waals surface area contributed by atoms with E-state index in [1.165, 1.54) is 17.5 Å². The highest BCUT2D eigenvalue weighted by Gasteiger charge is 2.20. The maximum Gasteiger partial charge on any atom is 0.191 e. The van der Waals surface area contributed by atoms with E-state index in [1.807, 2.05) is 7.05 Å². The number of guanidine groups is 1. The molecular weight excluding hydrogens is 425 g/mol. The highest BCUT2D eigenvalue weighted by Crippen LogP contribution is 2.22. The average molecular weight is 461 g/mol. The fourth-order valence-corrected chi connectivity index (χ4v) is 2.57. The van der Waals surface area contributed by atoms with Gasteiger partial charge in [0.1, 0.15) is 0 Å². The zero-order valence-corrected chi connectivity index (χ0v) is 18.9. The molecule has 0 aliphatic carbocycles. The van der Waals surface area contributed by atoms with Crippen molar-refractivity contribution in [3.8, 4) is 0 Å². The van der Waals surface area contributed by atoms with E-state index < -0.39 is 0 Å². The van der Waals surface area contributed by atoms with Gasteiger partial charge in [-0.05, 0) is 36.8 Å². The van der Waals surface area contributed by atoms with E-state index in [-0.39, 0.29) is 29.4 Å². The fraction of sp³-hybridized carbons (Fsp3) is 0.650. The number of aryl methyl sites for hydroxylation is 1. The van der Waals surface area contributed by atoms with Crippen LogP contribution in [0.5, 0.6) is 0 Å². The van der Waals surface area contributed by atoms with E-state index in [1.54, 1.807) is 7.11 Å². The molecule has 4 nitrogen and oxygen atoms in total. The van der Waals surface area contributed by atoms with Crippen LogP contribution in [0.3, 0.4) is 0 Å². The zero-order chi connectivity index (χ0) is 17.8. The topological polar surface area (TPSA) is 45.7 Å². The lowest BCUT2D eigenvalue weighted by atomic mass is 9.84. The van der Waals surface area contributed by atoms with Crippen molar-refractivity contribution in [1.82, 2.24) is 10.6 Å². The first-order valence-corrected chi connectivity index (χ1v) is 9.06. The number of halogens is 1. The minimum Gasteiger partial charge on any atom is -0.385 e. The molecule has 0 amide bonds. The average Bonchev–Trinajstić information content (AvgIpc) is 2.60. The molecule has 25 heavy (non-hydrogen) atoms. The molecule has 0 aliphatic heterocycles. The van der Waals surface area contributed by atoms with Crippen LogP contribution in [0.15, 0.2) is 29.3 Å². The van der Waals surface area contributed by atoms with Crippen molar-refractivity contribution < 1.29 is 4.74 Å². The van der Waals surface area contributed by atoms with Gasteiger partial charge in [-0.25, -0.2) is 0 Å². The molecular formula is C20H36IN3O. The van der Waals surface area contributed by atoms with Gasteiger partial charge in [0, 0.05) is 39.3 Å². The smallest absolute Gasteiger partial charge is 0.191 e. The van der Waals surface area contributed by atoms with Crippen molar-refractivity contribution in [3.63, 3.8) is 0 Å². The zero-order valence-electron chi connectivity index (χ0n) is 16.5. The number of benzene rings is 1. The highest BCUT2D eigenvalue weighted by atomic mass is 127. The minimum atomic E-state index is 0. The Morgan fingerprint density at radius 2 is 1.76 bits per heavy atom. The van der Waals surface area contributed by atoms with Crippen LogP contribution in [-0.4, -0.2) is 39.8 Å². The quantitative estimate of drug-likeness (QED) is 0.239. The number of unbranched alkanes of at least 4 members (excludes halogenated alkanes) is 2. The molecule has 1 rings (SSSR count). The SMILES string of the molecule is CCc1ccc(C(C)(C)CNC(=NC)NCCCCCOC)cc1.I. The van der Waals surface area contributed by atoms with Crippen molar-refractivity contribution >= 4 is 29.9 Å². The van der Waals surface area contributed by atoms with Crippen molar-refractivity contribution in [1.29, 1.82) is 0 Å². The first kappa shape index (κ1) is 24.2. The maximum absolute atomic E-state index is 5.07. The minimum absolute atomic E-state index is 0. The Morgan fingerprint density at radius 1 is 1.08 bits per heavy atom. The summed E-state index contributed by atoms with van der Waals surface area (Å²) in [5.41, 5.74) is 2.79. The fourth-order valence-electron chi connectivity index (χ4n) is 2.57. The van der Waals surface area contributed by atoms with Gasteiger partial charge in [0.25, 0.3) is 0 Å². The lowest BCUT2D eigenvalue weighted by molar-refractivity contribution is 0.192. The Bertz CT molecular complexity index is 486. The van der Waals surface area contributed by atoms with Gasteiger partial charge in [0.05, 0.1) is 0 Å². The summed E-state index contributed by atoms with van der Waals surface area (Å²) in [4.78, 5) is 4.32. The Hall–Kier alpha value is -0.820. The molecule has 0 aliphatic rings. The van der Waals surface area contributed by atoms with Crippen LogP contribution in [0.25, 0.3) is 0 Å². The summed E-state index contributed by atoms with van der Waals surface area (Å²) >= 11 is 0. The molecule has 0 heterocycles. The van der Waals surface area contributed by atoms with Crippen molar-refractivity contribution in [2.45, 2.75) is 51.9 Å². The molecule has 0 aromatic heterocycles. The van der Waals surface area contributed by atoms with Gasteiger partial charge in [-0.1, -0.05) is 45.0 Å². The molecule has 144 valence electrons. The number of hydrogen-bond donors (Lipinski definition) is 2. The third-order valence-electron chi connectivity index (χ3n) is 4.38. The lowest BCUT2D eigenvalue weighted by Gasteiger charge is -2.27. The standard InChI is InChI=1S/C20H35N3O.HI/c1-6-17-10-12-18(13-11-17)20(2,3)16-23-19(21-4)22-14-8-7-9-15-24-5;/h10-13H,6-9,14-16H2,1-5H3,(H2,21,22,23);1H. The number of rotatable bonds is 10. The molecule has 5 heteroatoms. The van der Waals surface area contributed by atoms with Crippen LogP contribution < -0.4 is 10.6 Å². The third-order valence-corrected chi connectivity index (χ3v) is 4.38. The Kier molecular flexibility index (Phi) is 13.0. The molecule has 2 N–H and O–H groups in total. The molecule has 0 bridgehead atoms. The van der Waals surface area contributed by atoms with E-state index in [2.05, 4.69) is 60.7 Å². The second kappa shape index (κ2) is 13.4. The van der Waals surface area contributed by atoms with Gasteiger partial charge < -0.3 is 15.4 Å². The summed E-state index contributed by atoms with van der Waals surface area (Å²) in [5.74, 6) is 0.875. The van der Waals surface area contributed by atoms with Crippen LogP contribution >= 0.6 is 24.0 Å². The van der Waals surface area contributed by atoms with Gasteiger partial charge in [0.15, 0.2) is 5.96 Å². The predicted molar refractivity (Wildman–Crippen MR) is 119 cm³/mol. The van der Waals surface area contributed by atoms with Gasteiger partial charge in [0.2, 0.25) is 0 Å². The van der Waals surface area contributed by atoms with Gasteiger partial charge >= 0.3 is 0 Å². The van der Waals surface area contributed by atoms with Crippen molar-refractivity contribution in [2.75, 3.05) is 33.9 Å². The summed E-state index contributed by atoms with van der Waals surface area (Å²) < 4.78 is 5.07. The Labute approximate surface area is 171 Å². The molecule has 0 unspecified atom stereocenters. The summed E-state index contributed by atoms with van der Waals surface area (Å²) in [6, 6.07) is 8.94. The Morgan fingerprint density at radius 3 is 2.32 bits per heavy atom. The number of nitrogens with one attached hydrogen (secondary N) is 2. The molecule has 0 radical (unpaired) electrons. The van der Waals surface area contributed by atoms with E-state index in [0.717, 1.165) is 44.9 Å². The Balaban J connectivity index is 0.00000576. The molecule has 0 saturated carbocycles. The highest BCUT2D eigenvalue weighted by molar-refractivity contribution is 14.0.